The van der Waals surface area contributed by atoms with Gasteiger partial charge in [-0.15, -0.1) is 0 Å². The minimum atomic E-state index is -5.17. The number of nitrogens with two attached hydrogens (primary N) is 1. The number of hydrogen-bond acceptors (Lipinski definition) is 6. The number of carbonyl (C=O) groups is 1. The molecule has 0 bridgehead atoms. The molecule has 0 amide bonds. The van der Waals surface area contributed by atoms with E-state index in [1.807, 2.05) is 30.3 Å². The van der Waals surface area contributed by atoms with Crippen LogP contribution in [0, 0.1) is 0 Å². The minimum absolute atomic E-state index is 0. The molecule has 0 radical (unpaired) electrons. The van der Waals surface area contributed by atoms with Crippen molar-refractivity contribution in [3.8, 4) is 0 Å². The van der Waals surface area contributed by atoms with Crippen molar-refractivity contribution in [1.29, 1.82) is 0 Å². The third-order valence-corrected chi connectivity index (χ3v) is 1.62. The molecule has 0 aromatic heterocycles. The van der Waals surface area contributed by atoms with E-state index in [4.69, 9.17) is 28.4 Å². The van der Waals surface area contributed by atoms with Crippen molar-refractivity contribution in [2.45, 2.75) is 12.5 Å². The quantitative estimate of drug-likeness (QED) is 0.316. The van der Waals surface area contributed by atoms with Crippen LogP contribution in [0.2, 0.25) is 0 Å². The van der Waals surface area contributed by atoms with Crippen molar-refractivity contribution >= 4 is 16.4 Å². The van der Waals surface area contributed by atoms with Gasteiger partial charge in [0.2, 0.25) is 0 Å². The molecule has 1 aromatic carbocycles. The van der Waals surface area contributed by atoms with Crippen LogP contribution in [0.25, 0.3) is 0 Å². The summed E-state index contributed by atoms with van der Waals surface area (Å²) in [6, 6.07) is 8.54. The Morgan fingerprint density at radius 3 is 1.89 bits per heavy atom. The Bertz CT molecular complexity index is 445. The summed E-state index contributed by atoms with van der Waals surface area (Å²) in [5.74, 6) is -0.959. The third kappa shape index (κ3) is 19.8. The average Bonchev–Trinajstić information content (AvgIpc) is 2.16. The van der Waals surface area contributed by atoms with Crippen molar-refractivity contribution in [3.05, 3.63) is 35.9 Å². The first-order chi connectivity index (χ1) is 7.70. The first-order valence-electron chi connectivity index (χ1n) is 4.39. The van der Waals surface area contributed by atoms with Crippen LogP contribution in [-0.4, -0.2) is 34.6 Å². The number of carboxylic acids is 1. The van der Waals surface area contributed by atoms with Crippen LogP contribution in [0.3, 0.4) is 0 Å². The second kappa shape index (κ2) is 13.5. The Kier molecular flexibility index (Phi) is 18.2. The van der Waals surface area contributed by atoms with Gasteiger partial charge in [0.1, 0.15) is 6.04 Å². The molecular weight excluding hydrogens is 328 g/mol. The second-order valence-electron chi connectivity index (χ2n) is 3.04. The zero-order chi connectivity index (χ0) is 13.5. The first-order valence-corrected chi connectivity index (χ1v) is 5.72. The van der Waals surface area contributed by atoms with Gasteiger partial charge in [0.05, 0.1) is 0 Å². The SMILES string of the molecule is N[C@@H](Cc1ccccc1)C(=O)O.O=S(=O)([O-])[O-].[K+].[K+]. The fourth-order valence-corrected chi connectivity index (χ4v) is 0.955. The summed E-state index contributed by atoms with van der Waals surface area (Å²) in [5, 5.41) is 8.52. The first kappa shape index (κ1) is 25.7. The van der Waals surface area contributed by atoms with Crippen LogP contribution < -0.4 is 109 Å². The largest absolute Gasteiger partial charge is 1.00 e. The van der Waals surface area contributed by atoms with Gasteiger partial charge in [-0.05, 0) is 12.0 Å². The van der Waals surface area contributed by atoms with Gasteiger partial charge in [0.25, 0.3) is 0 Å². The molecule has 0 aliphatic heterocycles. The summed E-state index contributed by atoms with van der Waals surface area (Å²) in [5.41, 5.74) is 6.30. The summed E-state index contributed by atoms with van der Waals surface area (Å²) in [7, 11) is -5.17. The number of aliphatic carboxylic acids is 1. The smallest absolute Gasteiger partial charge is 0.759 e. The van der Waals surface area contributed by atoms with E-state index in [2.05, 4.69) is 0 Å². The van der Waals surface area contributed by atoms with Gasteiger partial charge in [0, 0.05) is 10.4 Å². The predicted molar refractivity (Wildman–Crippen MR) is 56.2 cm³/mol. The van der Waals surface area contributed by atoms with E-state index < -0.39 is 22.4 Å². The number of hydrogen-bond donors (Lipinski definition) is 2. The van der Waals surface area contributed by atoms with Gasteiger partial charge < -0.3 is 19.9 Å². The molecule has 0 fully saturated rings. The van der Waals surface area contributed by atoms with Crippen molar-refractivity contribution in [2.24, 2.45) is 5.73 Å². The van der Waals surface area contributed by atoms with Crippen molar-refractivity contribution in [3.63, 3.8) is 0 Å². The maximum Gasteiger partial charge on any atom is 1.00 e. The van der Waals surface area contributed by atoms with Gasteiger partial charge in [0.15, 0.2) is 0 Å². The molecule has 1 rings (SSSR count). The summed E-state index contributed by atoms with van der Waals surface area (Å²) >= 11 is 0. The Hall–Kier alpha value is 1.79. The Balaban J connectivity index is -0.000000320. The molecule has 7 nitrogen and oxygen atoms in total. The standard InChI is InChI=1S/C9H11NO2.2K.H2O4S/c10-8(9(11)12)6-7-4-2-1-3-5-7;;;1-5(2,3)4/h1-5,8H,6,10H2,(H,11,12);;;(H2,1,2,3,4)/q;2*+1;/p-2/t8-;;;/m0.../s1. The summed E-state index contributed by atoms with van der Waals surface area (Å²) in [6.07, 6.45) is 0.385. The van der Waals surface area contributed by atoms with Gasteiger partial charge in [-0.2, -0.15) is 0 Å². The molecule has 1 atom stereocenters. The van der Waals surface area contributed by atoms with Crippen molar-refractivity contribution < 1.29 is 130 Å². The molecule has 19 heavy (non-hydrogen) atoms. The molecule has 0 aliphatic carbocycles. The number of rotatable bonds is 3. The molecule has 0 unspecified atom stereocenters. The van der Waals surface area contributed by atoms with E-state index in [0.717, 1.165) is 5.56 Å². The molecule has 1 aromatic rings. The predicted octanol–water partition coefficient (Wildman–Crippen LogP) is -6.69. The summed E-state index contributed by atoms with van der Waals surface area (Å²) < 4.78 is 34.1. The van der Waals surface area contributed by atoms with E-state index in [-0.39, 0.29) is 103 Å². The fourth-order valence-electron chi connectivity index (χ4n) is 0.955. The topological polar surface area (TPSA) is 144 Å². The van der Waals surface area contributed by atoms with E-state index in [1.165, 1.54) is 0 Å². The van der Waals surface area contributed by atoms with Crippen LogP contribution in [0.5, 0.6) is 0 Å². The minimum Gasteiger partial charge on any atom is -0.759 e. The van der Waals surface area contributed by atoms with Crippen molar-refractivity contribution in [2.75, 3.05) is 0 Å². The van der Waals surface area contributed by atoms with Crippen LogP contribution in [-0.2, 0) is 21.6 Å². The molecular formula is C9H11K2NO6S. The molecule has 0 saturated heterocycles. The molecule has 0 saturated carbocycles. The van der Waals surface area contributed by atoms with E-state index in [9.17, 15) is 4.79 Å². The maximum absolute atomic E-state index is 10.4. The van der Waals surface area contributed by atoms with Gasteiger partial charge in [-0.3, -0.25) is 13.2 Å². The zero-order valence-electron chi connectivity index (χ0n) is 10.6. The molecule has 96 valence electrons. The Morgan fingerprint density at radius 2 is 1.58 bits per heavy atom. The van der Waals surface area contributed by atoms with Crippen molar-refractivity contribution in [1.82, 2.24) is 0 Å². The van der Waals surface area contributed by atoms with Crippen LogP contribution in [0.4, 0.5) is 0 Å². The monoisotopic (exact) mass is 339 g/mol. The molecule has 3 N–H and O–H groups in total. The average molecular weight is 339 g/mol. The van der Waals surface area contributed by atoms with E-state index in [0.29, 0.717) is 6.42 Å². The Morgan fingerprint density at radius 1 is 1.21 bits per heavy atom. The molecule has 0 heterocycles. The Labute approximate surface area is 196 Å². The molecule has 0 spiro atoms. The summed E-state index contributed by atoms with van der Waals surface area (Å²) in [4.78, 5) is 10.4. The maximum atomic E-state index is 10.4. The summed E-state index contributed by atoms with van der Waals surface area (Å²) in [6.45, 7) is 0. The number of benzene rings is 1. The zero-order valence-corrected chi connectivity index (χ0v) is 17.7. The van der Waals surface area contributed by atoms with Crippen LogP contribution >= 0.6 is 0 Å². The molecule has 10 heteroatoms. The van der Waals surface area contributed by atoms with Gasteiger partial charge >= 0.3 is 109 Å². The third-order valence-electron chi connectivity index (χ3n) is 1.62. The molecule has 0 aliphatic rings. The fraction of sp³-hybridized carbons (Fsp3) is 0.222. The van der Waals surface area contributed by atoms with E-state index in [1.54, 1.807) is 0 Å². The van der Waals surface area contributed by atoms with Crippen LogP contribution in [0.15, 0.2) is 30.3 Å². The normalized spacial score (nSPS) is 10.9. The van der Waals surface area contributed by atoms with Crippen LogP contribution in [0.1, 0.15) is 5.56 Å². The van der Waals surface area contributed by atoms with Gasteiger partial charge in [-0.1, -0.05) is 30.3 Å². The van der Waals surface area contributed by atoms with E-state index >= 15 is 0 Å². The second-order valence-corrected chi connectivity index (χ2v) is 3.86. The number of carboxylic acid groups (broad SMARTS) is 1. The van der Waals surface area contributed by atoms with Gasteiger partial charge in [-0.25, -0.2) is 0 Å².